The molecule has 130 valence electrons. The third-order valence-electron chi connectivity index (χ3n) is 4.77. The van der Waals surface area contributed by atoms with Crippen LogP contribution >= 0.6 is 0 Å². The van der Waals surface area contributed by atoms with Crippen molar-refractivity contribution in [2.45, 2.75) is 6.92 Å². The van der Waals surface area contributed by atoms with Crippen molar-refractivity contribution in [2.75, 3.05) is 36.0 Å². The van der Waals surface area contributed by atoms with Gasteiger partial charge in [-0.15, -0.1) is 15.3 Å². The average Bonchev–Trinajstić information content (AvgIpc) is 3.08. The van der Waals surface area contributed by atoms with Gasteiger partial charge in [-0.05, 0) is 31.2 Å². The number of anilines is 2. The Hall–Kier alpha value is -3.29. The van der Waals surface area contributed by atoms with Crippen molar-refractivity contribution < 1.29 is 0 Å². The van der Waals surface area contributed by atoms with Crippen LogP contribution in [-0.4, -0.2) is 56.0 Å². The van der Waals surface area contributed by atoms with Crippen molar-refractivity contribution in [3.63, 3.8) is 0 Å². The average molecular weight is 346 g/mol. The summed E-state index contributed by atoms with van der Waals surface area (Å²) in [5.41, 5.74) is 2.63. The van der Waals surface area contributed by atoms with Crippen LogP contribution in [0.1, 0.15) is 5.82 Å². The Morgan fingerprint density at radius 3 is 2.35 bits per heavy atom. The lowest BCUT2D eigenvalue weighted by Crippen LogP contribution is -2.47. The third kappa shape index (κ3) is 2.50. The fourth-order valence-electron chi connectivity index (χ4n) is 3.32. The lowest BCUT2D eigenvalue weighted by molar-refractivity contribution is 0.635. The Morgan fingerprint density at radius 2 is 1.54 bits per heavy atom. The zero-order valence-electron chi connectivity index (χ0n) is 14.4. The second kappa shape index (κ2) is 5.91. The summed E-state index contributed by atoms with van der Waals surface area (Å²) in [6.07, 6.45) is 1.86. The van der Waals surface area contributed by atoms with Gasteiger partial charge in [0.25, 0.3) is 0 Å². The molecule has 26 heavy (non-hydrogen) atoms. The Labute approximate surface area is 150 Å². The van der Waals surface area contributed by atoms with Gasteiger partial charge in [0.05, 0.1) is 17.2 Å². The molecule has 1 saturated heterocycles. The van der Waals surface area contributed by atoms with Crippen LogP contribution in [0.3, 0.4) is 0 Å². The van der Waals surface area contributed by atoms with Gasteiger partial charge in [0.15, 0.2) is 11.5 Å². The van der Waals surface area contributed by atoms with Gasteiger partial charge < -0.3 is 9.80 Å². The molecule has 1 fully saturated rings. The molecule has 0 aliphatic carbocycles. The van der Waals surface area contributed by atoms with Crippen molar-refractivity contribution in [1.82, 2.24) is 29.8 Å². The summed E-state index contributed by atoms with van der Waals surface area (Å²) in [5, 5.41) is 12.8. The molecule has 4 aromatic rings. The van der Waals surface area contributed by atoms with Crippen LogP contribution in [0.5, 0.6) is 0 Å². The van der Waals surface area contributed by atoms with Gasteiger partial charge in [0.2, 0.25) is 0 Å². The number of aromatic nitrogens is 6. The van der Waals surface area contributed by atoms with E-state index in [-0.39, 0.29) is 0 Å². The topological polar surface area (TPSA) is 75.3 Å². The van der Waals surface area contributed by atoms with E-state index in [1.807, 2.05) is 49.5 Å². The van der Waals surface area contributed by atoms with E-state index in [0.717, 1.165) is 60.3 Å². The molecule has 5 rings (SSSR count). The number of benzene rings is 1. The molecule has 1 aliphatic heterocycles. The Bertz CT molecular complexity index is 1080. The van der Waals surface area contributed by atoms with Crippen LogP contribution in [0, 0.1) is 6.92 Å². The molecule has 0 saturated carbocycles. The zero-order valence-corrected chi connectivity index (χ0v) is 14.4. The number of hydrogen-bond donors (Lipinski definition) is 0. The second-order valence-electron chi connectivity index (χ2n) is 6.40. The Kier molecular flexibility index (Phi) is 3.41. The first-order chi connectivity index (χ1) is 12.8. The zero-order chi connectivity index (χ0) is 17.5. The molecule has 3 aromatic heterocycles. The van der Waals surface area contributed by atoms with Crippen molar-refractivity contribution in [1.29, 1.82) is 0 Å². The minimum absolute atomic E-state index is 0.774. The maximum absolute atomic E-state index is 4.75. The lowest BCUT2D eigenvalue weighted by atomic mass is 10.3. The first kappa shape index (κ1) is 15.0. The van der Waals surface area contributed by atoms with Crippen molar-refractivity contribution in [3.8, 4) is 0 Å². The van der Waals surface area contributed by atoms with E-state index in [2.05, 4.69) is 30.1 Å². The Morgan fingerprint density at radius 1 is 0.808 bits per heavy atom. The van der Waals surface area contributed by atoms with Crippen molar-refractivity contribution in [2.24, 2.45) is 0 Å². The minimum atomic E-state index is 0.774. The molecule has 0 atom stereocenters. The SMILES string of the molecule is Cc1nnc2ccc(N3CCN(c4cnc5ccccc5n4)CC3)nn12. The standard InChI is InChI=1S/C18H18N8/c1-13-21-22-16-6-7-17(23-26(13)16)24-8-10-25(11-9-24)18-12-19-14-4-2-3-5-15(14)20-18/h2-7,12H,8-11H2,1H3. The molecule has 8 nitrogen and oxygen atoms in total. The summed E-state index contributed by atoms with van der Waals surface area (Å²) in [4.78, 5) is 13.8. The van der Waals surface area contributed by atoms with Gasteiger partial charge in [-0.3, -0.25) is 4.98 Å². The van der Waals surface area contributed by atoms with Gasteiger partial charge in [-0.2, -0.15) is 4.52 Å². The van der Waals surface area contributed by atoms with E-state index in [1.165, 1.54) is 0 Å². The number of piperazine rings is 1. The first-order valence-electron chi connectivity index (χ1n) is 8.69. The summed E-state index contributed by atoms with van der Waals surface area (Å²) >= 11 is 0. The van der Waals surface area contributed by atoms with E-state index in [0.29, 0.717) is 0 Å². The molecular weight excluding hydrogens is 328 g/mol. The number of aryl methyl sites for hydroxylation is 1. The highest BCUT2D eigenvalue weighted by atomic mass is 15.4. The smallest absolute Gasteiger partial charge is 0.178 e. The predicted molar refractivity (Wildman–Crippen MR) is 99.5 cm³/mol. The van der Waals surface area contributed by atoms with E-state index in [4.69, 9.17) is 4.98 Å². The molecule has 0 bridgehead atoms. The largest absolute Gasteiger partial charge is 0.352 e. The van der Waals surface area contributed by atoms with Crippen LogP contribution in [0.15, 0.2) is 42.6 Å². The van der Waals surface area contributed by atoms with E-state index in [9.17, 15) is 0 Å². The maximum atomic E-state index is 4.75. The fraction of sp³-hybridized carbons (Fsp3) is 0.278. The molecule has 4 heterocycles. The molecule has 0 amide bonds. The van der Waals surface area contributed by atoms with Gasteiger partial charge in [-0.1, -0.05) is 12.1 Å². The Balaban J connectivity index is 1.35. The molecule has 0 N–H and O–H groups in total. The molecular formula is C18H18N8. The minimum Gasteiger partial charge on any atom is -0.352 e. The van der Waals surface area contributed by atoms with Crippen LogP contribution in [0.2, 0.25) is 0 Å². The molecule has 0 spiro atoms. The molecule has 0 radical (unpaired) electrons. The number of fused-ring (bicyclic) bond motifs is 2. The predicted octanol–water partition coefficient (Wildman–Crippen LogP) is 1.70. The van der Waals surface area contributed by atoms with Gasteiger partial charge in [0.1, 0.15) is 11.6 Å². The van der Waals surface area contributed by atoms with Crippen molar-refractivity contribution >= 4 is 28.3 Å². The summed E-state index contributed by atoms with van der Waals surface area (Å²) in [6, 6.07) is 11.9. The van der Waals surface area contributed by atoms with Gasteiger partial charge >= 0.3 is 0 Å². The van der Waals surface area contributed by atoms with Crippen LogP contribution in [0.4, 0.5) is 11.6 Å². The normalized spacial score (nSPS) is 15.1. The highest BCUT2D eigenvalue weighted by Crippen LogP contribution is 2.19. The second-order valence-corrected chi connectivity index (χ2v) is 6.40. The lowest BCUT2D eigenvalue weighted by Gasteiger charge is -2.35. The summed E-state index contributed by atoms with van der Waals surface area (Å²) in [7, 11) is 0. The van der Waals surface area contributed by atoms with Crippen LogP contribution in [0.25, 0.3) is 16.7 Å². The van der Waals surface area contributed by atoms with Crippen LogP contribution < -0.4 is 9.80 Å². The summed E-state index contributed by atoms with van der Waals surface area (Å²) in [6.45, 7) is 5.44. The number of rotatable bonds is 2. The molecule has 1 aliphatic rings. The first-order valence-corrected chi connectivity index (χ1v) is 8.69. The van der Waals surface area contributed by atoms with Gasteiger partial charge in [0, 0.05) is 26.2 Å². The summed E-state index contributed by atoms with van der Waals surface area (Å²) in [5.74, 6) is 2.68. The van der Waals surface area contributed by atoms with Gasteiger partial charge in [-0.25, -0.2) is 4.98 Å². The van der Waals surface area contributed by atoms with E-state index in [1.54, 1.807) is 4.52 Å². The molecule has 1 aromatic carbocycles. The van der Waals surface area contributed by atoms with E-state index < -0.39 is 0 Å². The monoisotopic (exact) mass is 346 g/mol. The third-order valence-corrected chi connectivity index (χ3v) is 4.77. The number of para-hydroxylation sites is 2. The number of nitrogens with zero attached hydrogens (tertiary/aromatic N) is 8. The fourth-order valence-corrected chi connectivity index (χ4v) is 3.32. The van der Waals surface area contributed by atoms with E-state index >= 15 is 0 Å². The van der Waals surface area contributed by atoms with Crippen molar-refractivity contribution in [3.05, 3.63) is 48.4 Å². The summed E-state index contributed by atoms with van der Waals surface area (Å²) < 4.78 is 1.79. The quantitative estimate of drug-likeness (QED) is 0.547. The highest BCUT2D eigenvalue weighted by Gasteiger charge is 2.20. The number of hydrogen-bond acceptors (Lipinski definition) is 7. The molecule has 0 unspecified atom stereocenters. The highest BCUT2D eigenvalue weighted by molar-refractivity contribution is 5.75. The van der Waals surface area contributed by atoms with Crippen LogP contribution in [-0.2, 0) is 0 Å². The molecule has 8 heteroatoms. The maximum Gasteiger partial charge on any atom is 0.178 e.